The number of hydrogen-bond donors (Lipinski definition) is 8. The number of nitrogens with two attached hydrogens (primary N) is 5. The van der Waals surface area contributed by atoms with Gasteiger partial charge in [0.1, 0.15) is 18.1 Å². The number of nitrogens with zero attached hydrogens (tertiary/aromatic N) is 1. The zero-order valence-corrected chi connectivity index (χ0v) is 15.3. The van der Waals surface area contributed by atoms with E-state index in [2.05, 4.69) is 4.99 Å². The highest BCUT2D eigenvalue weighted by atomic mass is 16.4. The number of carboxylic acid groups (broad SMARTS) is 3. The van der Waals surface area contributed by atoms with E-state index in [1.54, 1.807) is 13.8 Å². The summed E-state index contributed by atoms with van der Waals surface area (Å²) in [6.45, 7) is 5.39. The Hall–Kier alpha value is -2.44. The van der Waals surface area contributed by atoms with Crippen molar-refractivity contribution in [3.63, 3.8) is 0 Å². The molecule has 12 nitrogen and oxygen atoms in total. The summed E-state index contributed by atoms with van der Waals surface area (Å²) in [5.74, 6) is -2.86. The van der Waals surface area contributed by atoms with E-state index >= 15 is 0 Å². The van der Waals surface area contributed by atoms with Gasteiger partial charge in [0, 0.05) is 6.54 Å². The molecular weight excluding hydrogens is 348 g/mol. The van der Waals surface area contributed by atoms with Crippen LogP contribution in [0.25, 0.3) is 0 Å². The number of carbonyl (C=O) groups is 3. The van der Waals surface area contributed by atoms with Gasteiger partial charge in [-0.1, -0.05) is 13.8 Å². The van der Waals surface area contributed by atoms with E-state index < -0.39 is 36.0 Å². The summed E-state index contributed by atoms with van der Waals surface area (Å²) in [6, 6.07) is -2.26. The molecule has 0 aliphatic rings. The molecule has 0 aromatic carbocycles. The van der Waals surface area contributed by atoms with E-state index in [0.29, 0.717) is 19.4 Å². The Morgan fingerprint density at radius 2 is 1.31 bits per heavy atom. The van der Waals surface area contributed by atoms with Crippen LogP contribution in [0.3, 0.4) is 0 Å². The summed E-state index contributed by atoms with van der Waals surface area (Å²) in [7, 11) is 0. The third kappa shape index (κ3) is 21.6. The molecule has 0 radical (unpaired) electrons. The van der Waals surface area contributed by atoms with Gasteiger partial charge in [-0.15, -0.1) is 0 Å². The van der Waals surface area contributed by atoms with E-state index in [9.17, 15) is 14.4 Å². The lowest BCUT2D eigenvalue weighted by Crippen LogP contribution is -2.34. The Morgan fingerprint density at radius 3 is 1.50 bits per heavy atom. The summed E-state index contributed by atoms with van der Waals surface area (Å²) < 4.78 is 0. The first-order valence-corrected chi connectivity index (χ1v) is 7.74. The van der Waals surface area contributed by atoms with Crippen molar-refractivity contribution in [2.24, 2.45) is 39.6 Å². The SMILES string of the molecule is CC(C)C(N)C(=O)O.CC(N)C(=O)O.NC(N)=NCCCC(N)C(=O)O. The zero-order valence-electron chi connectivity index (χ0n) is 15.3. The van der Waals surface area contributed by atoms with Gasteiger partial charge >= 0.3 is 17.9 Å². The molecule has 13 N–H and O–H groups in total. The summed E-state index contributed by atoms with van der Waals surface area (Å²) in [5, 5.41) is 24.5. The van der Waals surface area contributed by atoms with Crippen molar-refractivity contribution in [1.82, 2.24) is 0 Å². The molecule has 0 aliphatic carbocycles. The zero-order chi connectivity index (χ0) is 21.4. The van der Waals surface area contributed by atoms with Crippen molar-refractivity contribution in [2.75, 3.05) is 6.54 Å². The monoisotopic (exact) mass is 380 g/mol. The predicted octanol–water partition coefficient (Wildman–Crippen LogP) is -2.08. The fourth-order valence-electron chi connectivity index (χ4n) is 0.928. The molecule has 0 saturated carbocycles. The molecule has 0 aliphatic heterocycles. The molecule has 0 bridgehead atoms. The minimum absolute atomic E-state index is 0.0129. The first-order valence-electron chi connectivity index (χ1n) is 7.74. The summed E-state index contributed by atoms with van der Waals surface area (Å²) in [6.07, 6.45) is 0.956. The molecule has 0 aromatic rings. The minimum Gasteiger partial charge on any atom is -0.480 e. The number of guanidine groups is 1. The third-order valence-corrected chi connectivity index (χ3v) is 2.68. The topological polar surface area (TPSA) is 254 Å². The van der Waals surface area contributed by atoms with Crippen LogP contribution in [0, 0.1) is 5.92 Å². The van der Waals surface area contributed by atoms with E-state index in [0.717, 1.165) is 0 Å². The number of aliphatic imine (C=N–C) groups is 1. The number of aliphatic carboxylic acids is 3. The Balaban J connectivity index is -0.000000328. The molecule has 0 rings (SSSR count). The quantitative estimate of drug-likeness (QED) is 0.129. The third-order valence-electron chi connectivity index (χ3n) is 2.68. The Kier molecular flexibility index (Phi) is 17.5. The van der Waals surface area contributed by atoms with Crippen LogP contribution in [0.15, 0.2) is 4.99 Å². The van der Waals surface area contributed by atoms with Gasteiger partial charge in [-0.3, -0.25) is 19.4 Å². The van der Waals surface area contributed by atoms with Crippen molar-refractivity contribution in [3.8, 4) is 0 Å². The van der Waals surface area contributed by atoms with Crippen LogP contribution < -0.4 is 28.7 Å². The normalized spacial score (nSPS) is 13.0. The molecule has 0 spiro atoms. The average molecular weight is 380 g/mol. The van der Waals surface area contributed by atoms with Crippen LogP contribution in [0.4, 0.5) is 0 Å². The summed E-state index contributed by atoms with van der Waals surface area (Å²) in [4.78, 5) is 33.5. The molecule has 0 saturated heterocycles. The molecule has 0 heterocycles. The summed E-state index contributed by atoms with van der Waals surface area (Å²) in [5.41, 5.74) is 25.3. The van der Waals surface area contributed by atoms with Crippen LogP contribution in [0.1, 0.15) is 33.6 Å². The fraction of sp³-hybridized carbons (Fsp3) is 0.714. The lowest BCUT2D eigenvalue weighted by Gasteiger charge is -2.07. The van der Waals surface area contributed by atoms with Crippen LogP contribution in [-0.2, 0) is 14.4 Å². The van der Waals surface area contributed by atoms with Crippen molar-refractivity contribution >= 4 is 23.9 Å². The van der Waals surface area contributed by atoms with Gasteiger partial charge in [-0.2, -0.15) is 0 Å². The van der Waals surface area contributed by atoms with Crippen LogP contribution >= 0.6 is 0 Å². The molecule has 26 heavy (non-hydrogen) atoms. The van der Waals surface area contributed by atoms with E-state index in [-0.39, 0.29) is 11.9 Å². The first-order chi connectivity index (χ1) is 11.7. The van der Waals surface area contributed by atoms with Gasteiger partial charge in [0.15, 0.2) is 5.96 Å². The lowest BCUT2D eigenvalue weighted by atomic mass is 10.1. The largest absolute Gasteiger partial charge is 0.480 e. The highest BCUT2D eigenvalue weighted by molar-refractivity contribution is 5.75. The second-order valence-corrected chi connectivity index (χ2v) is 5.63. The number of hydrogen-bond acceptors (Lipinski definition) is 7. The molecule has 0 fully saturated rings. The van der Waals surface area contributed by atoms with Crippen LogP contribution in [-0.4, -0.2) is 63.9 Å². The van der Waals surface area contributed by atoms with Crippen molar-refractivity contribution in [2.45, 2.75) is 51.7 Å². The van der Waals surface area contributed by atoms with Crippen molar-refractivity contribution in [3.05, 3.63) is 0 Å². The Bertz CT molecular complexity index is 451. The van der Waals surface area contributed by atoms with Gasteiger partial charge in [0.2, 0.25) is 0 Å². The van der Waals surface area contributed by atoms with Crippen LogP contribution in [0.2, 0.25) is 0 Å². The van der Waals surface area contributed by atoms with E-state index in [1.807, 2.05) is 0 Å². The second-order valence-electron chi connectivity index (χ2n) is 5.63. The maximum atomic E-state index is 10.2. The van der Waals surface area contributed by atoms with Crippen molar-refractivity contribution in [1.29, 1.82) is 0 Å². The van der Waals surface area contributed by atoms with Gasteiger partial charge in [-0.25, -0.2) is 0 Å². The van der Waals surface area contributed by atoms with Crippen molar-refractivity contribution < 1.29 is 29.7 Å². The Labute approximate surface area is 152 Å². The minimum atomic E-state index is -1.00. The lowest BCUT2D eigenvalue weighted by molar-refractivity contribution is -0.140. The maximum Gasteiger partial charge on any atom is 0.320 e. The standard InChI is InChI=1S/C6H14N4O2.C5H11NO2.C3H7NO2/c7-4(5(11)12)2-1-3-10-6(8)9;1-3(2)4(6)5(7)8;1-2(4)3(5)6/h4H,1-3,7H2,(H,11,12)(H4,8,9,10);3-4H,6H2,1-2H3,(H,7,8);2H,4H2,1H3,(H,5,6). The van der Waals surface area contributed by atoms with Gasteiger partial charge in [0.05, 0.1) is 0 Å². The second kappa shape index (κ2) is 16.1. The van der Waals surface area contributed by atoms with Gasteiger partial charge < -0.3 is 44.0 Å². The van der Waals surface area contributed by atoms with Crippen LogP contribution in [0.5, 0.6) is 0 Å². The molecule has 12 heteroatoms. The molecule has 3 unspecified atom stereocenters. The molecule has 154 valence electrons. The maximum absolute atomic E-state index is 10.2. The summed E-state index contributed by atoms with van der Waals surface area (Å²) >= 11 is 0. The number of rotatable bonds is 8. The van der Waals surface area contributed by atoms with Gasteiger partial charge in [0.25, 0.3) is 0 Å². The van der Waals surface area contributed by atoms with E-state index in [4.69, 9.17) is 44.0 Å². The first kappa shape index (κ1) is 28.4. The highest BCUT2D eigenvalue weighted by Crippen LogP contribution is 1.96. The molecule has 3 atom stereocenters. The molecule has 0 aromatic heterocycles. The van der Waals surface area contributed by atoms with E-state index in [1.165, 1.54) is 6.92 Å². The Morgan fingerprint density at radius 1 is 0.885 bits per heavy atom. The highest BCUT2D eigenvalue weighted by Gasteiger charge is 2.14. The number of carboxylic acids is 3. The predicted molar refractivity (Wildman–Crippen MR) is 97.3 cm³/mol. The molecular formula is C14H32N6O6. The smallest absolute Gasteiger partial charge is 0.320 e. The molecule has 0 amide bonds. The fourth-order valence-corrected chi connectivity index (χ4v) is 0.928. The van der Waals surface area contributed by atoms with Gasteiger partial charge in [-0.05, 0) is 25.7 Å². The average Bonchev–Trinajstić information content (AvgIpc) is 2.51.